The smallest absolute Gasteiger partial charge is 0.336 e. The predicted octanol–water partition coefficient (Wildman–Crippen LogP) is 3.56. The van der Waals surface area contributed by atoms with E-state index < -0.39 is 29.5 Å². The number of hydrogen-bond acceptors (Lipinski definition) is 7. The Bertz CT molecular complexity index is 912. The van der Waals surface area contributed by atoms with Crippen molar-refractivity contribution < 1.29 is 28.4 Å². The maximum absolute atomic E-state index is 13.7. The number of carbonyl (C=O) groups is 2. The van der Waals surface area contributed by atoms with Crippen molar-refractivity contribution in [3.63, 3.8) is 0 Å². The molecule has 1 N–H and O–H groups in total. The van der Waals surface area contributed by atoms with Gasteiger partial charge in [-0.2, -0.15) is 0 Å². The zero-order valence-electron chi connectivity index (χ0n) is 16.1. The van der Waals surface area contributed by atoms with Gasteiger partial charge in [0.15, 0.2) is 0 Å². The molecule has 0 saturated carbocycles. The second kappa shape index (κ2) is 9.51. The molecule has 1 unspecified atom stereocenters. The van der Waals surface area contributed by atoms with E-state index in [1.165, 1.54) is 19.1 Å². The van der Waals surface area contributed by atoms with E-state index in [-0.39, 0.29) is 45.4 Å². The third-order valence-corrected chi connectivity index (χ3v) is 4.69. The average molecular weight is 427 g/mol. The Hall–Kier alpha value is -2.94. The van der Waals surface area contributed by atoms with Crippen LogP contribution in [0.15, 0.2) is 40.7 Å². The molecule has 0 bridgehead atoms. The van der Waals surface area contributed by atoms with Gasteiger partial charge in [-0.1, -0.05) is 18.5 Å². The quantitative estimate of drug-likeness (QED) is 0.403. The molecule has 2 rings (SSSR count). The van der Waals surface area contributed by atoms with Gasteiger partial charge in [0.2, 0.25) is 0 Å². The first-order valence-electron chi connectivity index (χ1n) is 8.72. The summed E-state index contributed by atoms with van der Waals surface area (Å²) in [7, 11) is 1.11. The van der Waals surface area contributed by atoms with E-state index >= 15 is 0 Å². The largest absolute Gasteiger partial charge is 0.466 e. The van der Waals surface area contributed by atoms with Crippen LogP contribution in [0.5, 0.6) is 0 Å². The number of non-ortho nitro benzene ring substituents is 1. The van der Waals surface area contributed by atoms with Gasteiger partial charge in [0, 0.05) is 22.9 Å². The summed E-state index contributed by atoms with van der Waals surface area (Å²) < 4.78 is 23.7. The number of carbonyl (C=O) groups excluding carboxylic acids is 2. The summed E-state index contributed by atoms with van der Waals surface area (Å²) in [6.07, 6.45) is 0.559. The zero-order valence-corrected chi connectivity index (χ0v) is 16.8. The molecule has 1 aromatic rings. The molecule has 1 heterocycles. The van der Waals surface area contributed by atoms with Crippen LogP contribution in [-0.2, 0) is 19.1 Å². The number of dihydropyridines is 1. The van der Waals surface area contributed by atoms with Crippen LogP contribution in [0.1, 0.15) is 31.7 Å². The maximum atomic E-state index is 13.7. The molecule has 156 valence electrons. The molecule has 0 radical (unpaired) electrons. The van der Waals surface area contributed by atoms with E-state index in [0.29, 0.717) is 6.42 Å². The number of methoxy groups -OCH3 is 1. The first kappa shape index (κ1) is 22.4. The minimum Gasteiger partial charge on any atom is -0.466 e. The summed E-state index contributed by atoms with van der Waals surface area (Å²) in [4.78, 5) is 35.9. The molecule has 0 fully saturated rings. The highest BCUT2D eigenvalue weighted by atomic mass is 35.5. The van der Waals surface area contributed by atoms with Crippen molar-refractivity contribution in [1.29, 1.82) is 0 Å². The number of hydrogen-bond donors (Lipinski definition) is 1. The number of nitro groups is 1. The fraction of sp³-hybridized carbons (Fsp3) is 0.368. The molecule has 8 nitrogen and oxygen atoms in total. The zero-order chi connectivity index (χ0) is 21.7. The molecule has 0 saturated heterocycles. The molecular weight excluding hydrogens is 407 g/mol. The van der Waals surface area contributed by atoms with Crippen molar-refractivity contribution in [3.8, 4) is 0 Å². The lowest BCUT2D eigenvalue weighted by molar-refractivity contribution is -0.384. The van der Waals surface area contributed by atoms with Crippen LogP contribution >= 0.6 is 11.6 Å². The van der Waals surface area contributed by atoms with Gasteiger partial charge < -0.3 is 14.8 Å². The Morgan fingerprint density at radius 3 is 2.55 bits per heavy atom. The number of benzene rings is 1. The molecule has 0 aromatic heterocycles. The van der Waals surface area contributed by atoms with Crippen LogP contribution < -0.4 is 5.32 Å². The number of nitrogens with one attached hydrogen (secondary N) is 1. The third-order valence-electron chi connectivity index (χ3n) is 4.34. The minimum atomic E-state index is -1.20. The number of nitrogens with zero attached hydrogens (tertiary/aromatic N) is 1. The second-order valence-corrected chi connectivity index (χ2v) is 6.62. The predicted molar refractivity (Wildman–Crippen MR) is 103 cm³/mol. The van der Waals surface area contributed by atoms with Gasteiger partial charge in [-0.25, -0.2) is 14.0 Å². The fourth-order valence-corrected chi connectivity index (χ4v) is 3.30. The van der Waals surface area contributed by atoms with Crippen LogP contribution in [0, 0.1) is 10.1 Å². The van der Waals surface area contributed by atoms with Crippen LogP contribution in [0.3, 0.4) is 0 Å². The van der Waals surface area contributed by atoms with Crippen LogP contribution in [0.2, 0.25) is 5.02 Å². The average Bonchev–Trinajstić information content (AvgIpc) is 2.70. The lowest BCUT2D eigenvalue weighted by atomic mass is 9.80. The fourth-order valence-electron chi connectivity index (χ4n) is 3.07. The lowest BCUT2D eigenvalue weighted by Gasteiger charge is -2.30. The standard InChI is InChI=1S/C19H20ClFN2O6/c1-4-7-29-19(25)15-10(2)22-14(9-21)17(18(24)28-3)16(15)12-8-11(23(26)27)5-6-13(12)20/h5-6,8,16,22H,4,7,9H2,1-3H3. The van der Waals surface area contributed by atoms with Crippen molar-refractivity contribution in [2.45, 2.75) is 26.2 Å². The van der Waals surface area contributed by atoms with Crippen molar-refractivity contribution in [1.82, 2.24) is 5.32 Å². The SMILES string of the molecule is CCCOC(=O)C1=C(C)NC(CF)=C(C(=O)OC)C1c1cc([N+](=O)[O-])ccc1Cl. The number of alkyl halides is 1. The maximum Gasteiger partial charge on any atom is 0.336 e. The van der Waals surface area contributed by atoms with E-state index in [1.54, 1.807) is 0 Å². The Morgan fingerprint density at radius 2 is 2.00 bits per heavy atom. The Balaban J connectivity index is 2.78. The van der Waals surface area contributed by atoms with Crippen LogP contribution in [0.4, 0.5) is 10.1 Å². The molecule has 0 aliphatic carbocycles. The topological polar surface area (TPSA) is 108 Å². The van der Waals surface area contributed by atoms with E-state index in [2.05, 4.69) is 5.32 Å². The monoisotopic (exact) mass is 426 g/mol. The molecule has 1 aliphatic rings. The number of rotatable bonds is 7. The Morgan fingerprint density at radius 1 is 1.31 bits per heavy atom. The summed E-state index contributed by atoms with van der Waals surface area (Å²) in [5.74, 6) is -2.85. The van der Waals surface area contributed by atoms with Crippen LogP contribution in [-0.4, -0.2) is 37.3 Å². The van der Waals surface area contributed by atoms with Gasteiger partial charge >= 0.3 is 11.9 Å². The summed E-state index contributed by atoms with van der Waals surface area (Å²) in [6, 6.07) is 3.62. The number of halogens is 2. The van der Waals surface area contributed by atoms with Gasteiger partial charge in [0.1, 0.15) is 6.67 Å². The summed E-state index contributed by atoms with van der Waals surface area (Å²) in [6.45, 7) is 2.40. The second-order valence-electron chi connectivity index (χ2n) is 6.21. The number of ether oxygens (including phenoxy) is 2. The van der Waals surface area contributed by atoms with Crippen molar-refractivity contribution in [2.24, 2.45) is 0 Å². The molecule has 1 aliphatic heterocycles. The molecular formula is C19H20ClFN2O6. The van der Waals surface area contributed by atoms with Gasteiger partial charge in [-0.15, -0.1) is 0 Å². The number of allylic oxidation sites excluding steroid dienone is 2. The molecule has 0 amide bonds. The van der Waals surface area contributed by atoms with Crippen molar-refractivity contribution >= 4 is 29.2 Å². The summed E-state index contributed by atoms with van der Waals surface area (Å²) in [5.41, 5.74) is -0.276. The van der Waals surface area contributed by atoms with Crippen molar-refractivity contribution in [2.75, 3.05) is 20.4 Å². The van der Waals surface area contributed by atoms with Crippen molar-refractivity contribution in [3.05, 3.63) is 61.4 Å². The molecule has 10 heteroatoms. The van der Waals surface area contributed by atoms with Gasteiger partial charge in [0.25, 0.3) is 5.69 Å². The first-order chi connectivity index (χ1) is 13.8. The summed E-state index contributed by atoms with van der Waals surface area (Å²) >= 11 is 6.27. The highest BCUT2D eigenvalue weighted by Crippen LogP contribution is 2.43. The van der Waals surface area contributed by atoms with Crippen LogP contribution in [0.25, 0.3) is 0 Å². The molecule has 1 atom stereocenters. The third kappa shape index (κ3) is 4.56. The van der Waals surface area contributed by atoms with E-state index in [1.807, 2.05) is 6.92 Å². The van der Waals surface area contributed by atoms with Gasteiger partial charge in [-0.05, 0) is 25.0 Å². The molecule has 29 heavy (non-hydrogen) atoms. The molecule has 1 aromatic carbocycles. The van der Waals surface area contributed by atoms with Gasteiger partial charge in [0.05, 0.1) is 41.4 Å². The van der Waals surface area contributed by atoms with E-state index in [0.717, 1.165) is 13.2 Å². The number of esters is 2. The molecule has 0 spiro atoms. The Kier molecular flexibility index (Phi) is 7.33. The van der Waals surface area contributed by atoms with Gasteiger partial charge in [-0.3, -0.25) is 10.1 Å². The lowest BCUT2D eigenvalue weighted by Crippen LogP contribution is -2.34. The highest BCUT2D eigenvalue weighted by molar-refractivity contribution is 6.31. The number of nitro benzene ring substituents is 1. The Labute approximate surface area is 171 Å². The highest BCUT2D eigenvalue weighted by Gasteiger charge is 2.40. The summed E-state index contributed by atoms with van der Waals surface area (Å²) in [5, 5.41) is 14.0. The minimum absolute atomic E-state index is 0.00144. The van der Waals surface area contributed by atoms with E-state index in [9.17, 15) is 24.1 Å². The normalized spacial score (nSPS) is 16.4. The van der Waals surface area contributed by atoms with E-state index in [4.69, 9.17) is 21.1 Å². The first-order valence-corrected chi connectivity index (χ1v) is 9.10.